The molecule has 0 radical (unpaired) electrons. The van der Waals surface area contributed by atoms with Gasteiger partial charge in [-0.05, 0) is 6.42 Å². The van der Waals surface area contributed by atoms with Gasteiger partial charge in [-0.1, -0.05) is 0 Å². The SMILES string of the molecule is O=C(CSCc1cscn1)NCCCO. The summed E-state index contributed by atoms with van der Waals surface area (Å²) in [6.45, 7) is 0.666. The number of aliphatic hydroxyl groups excluding tert-OH is 1. The molecule has 0 aliphatic carbocycles. The quantitative estimate of drug-likeness (QED) is 0.701. The van der Waals surface area contributed by atoms with Crippen molar-refractivity contribution >= 4 is 29.0 Å². The first kappa shape index (κ1) is 12.5. The highest BCUT2D eigenvalue weighted by Gasteiger charge is 2.01. The number of aromatic nitrogens is 1. The van der Waals surface area contributed by atoms with E-state index in [4.69, 9.17) is 5.11 Å². The molecular weight excluding hydrogens is 232 g/mol. The van der Waals surface area contributed by atoms with E-state index in [9.17, 15) is 4.79 Å². The molecule has 0 unspecified atom stereocenters. The molecule has 84 valence electrons. The number of thioether (sulfide) groups is 1. The Hall–Kier alpha value is -0.590. The van der Waals surface area contributed by atoms with Gasteiger partial charge in [-0.25, -0.2) is 4.98 Å². The van der Waals surface area contributed by atoms with Crippen molar-refractivity contribution in [1.82, 2.24) is 10.3 Å². The molecule has 1 aromatic heterocycles. The van der Waals surface area contributed by atoms with Crippen molar-refractivity contribution < 1.29 is 9.90 Å². The lowest BCUT2D eigenvalue weighted by Crippen LogP contribution is -2.26. The number of nitrogens with one attached hydrogen (secondary N) is 1. The second kappa shape index (κ2) is 7.67. The molecule has 0 bridgehead atoms. The lowest BCUT2D eigenvalue weighted by Gasteiger charge is -2.02. The standard InChI is InChI=1S/C9H14N2O2S2/c12-3-1-2-10-9(13)6-14-4-8-5-15-7-11-8/h5,7,12H,1-4,6H2,(H,10,13). The van der Waals surface area contributed by atoms with Gasteiger partial charge in [-0.15, -0.1) is 23.1 Å². The molecule has 1 heterocycles. The first-order valence-corrected chi connectivity index (χ1v) is 6.75. The number of thiazole rings is 1. The fourth-order valence-corrected chi connectivity index (χ4v) is 2.34. The molecule has 2 N–H and O–H groups in total. The van der Waals surface area contributed by atoms with Crippen molar-refractivity contribution in [2.75, 3.05) is 18.9 Å². The van der Waals surface area contributed by atoms with Crippen molar-refractivity contribution in [3.05, 3.63) is 16.6 Å². The van der Waals surface area contributed by atoms with Crippen molar-refractivity contribution in [2.45, 2.75) is 12.2 Å². The average Bonchev–Trinajstić information content (AvgIpc) is 2.71. The van der Waals surface area contributed by atoms with Crippen LogP contribution in [0, 0.1) is 0 Å². The fraction of sp³-hybridized carbons (Fsp3) is 0.556. The molecule has 0 saturated carbocycles. The molecule has 1 amide bonds. The van der Waals surface area contributed by atoms with E-state index in [1.807, 2.05) is 5.38 Å². The van der Waals surface area contributed by atoms with Gasteiger partial charge in [0.1, 0.15) is 0 Å². The van der Waals surface area contributed by atoms with Crippen LogP contribution < -0.4 is 5.32 Å². The summed E-state index contributed by atoms with van der Waals surface area (Å²) in [5.41, 5.74) is 2.81. The molecule has 0 aliphatic heterocycles. The number of rotatable bonds is 7. The predicted molar refractivity (Wildman–Crippen MR) is 63.0 cm³/mol. The summed E-state index contributed by atoms with van der Waals surface area (Å²) in [4.78, 5) is 15.3. The Kier molecular flexibility index (Phi) is 6.38. The zero-order valence-corrected chi connectivity index (χ0v) is 9.94. The number of amides is 1. The van der Waals surface area contributed by atoms with Gasteiger partial charge >= 0.3 is 0 Å². The van der Waals surface area contributed by atoms with E-state index in [1.165, 1.54) is 0 Å². The zero-order valence-electron chi connectivity index (χ0n) is 8.31. The number of hydrogen-bond acceptors (Lipinski definition) is 5. The highest BCUT2D eigenvalue weighted by Crippen LogP contribution is 2.11. The van der Waals surface area contributed by atoms with Gasteiger partial charge in [-0.3, -0.25) is 4.79 Å². The fourth-order valence-electron chi connectivity index (χ4n) is 0.915. The second-order valence-electron chi connectivity index (χ2n) is 2.90. The third-order valence-corrected chi connectivity index (χ3v) is 3.23. The van der Waals surface area contributed by atoms with E-state index >= 15 is 0 Å². The number of carbonyl (C=O) groups excluding carboxylic acids is 1. The first-order chi connectivity index (χ1) is 7.33. The van der Waals surface area contributed by atoms with Gasteiger partial charge in [0.15, 0.2) is 0 Å². The van der Waals surface area contributed by atoms with E-state index in [0.717, 1.165) is 11.4 Å². The third kappa shape index (κ3) is 5.76. The van der Waals surface area contributed by atoms with Crippen LogP contribution in [0.4, 0.5) is 0 Å². The minimum Gasteiger partial charge on any atom is -0.396 e. The molecule has 1 aromatic rings. The van der Waals surface area contributed by atoms with Gasteiger partial charge in [0.2, 0.25) is 5.91 Å². The van der Waals surface area contributed by atoms with Gasteiger partial charge in [0.05, 0.1) is 17.0 Å². The van der Waals surface area contributed by atoms with Crippen LogP contribution in [0.3, 0.4) is 0 Å². The van der Waals surface area contributed by atoms with E-state index < -0.39 is 0 Å². The summed E-state index contributed by atoms with van der Waals surface area (Å²) in [5.74, 6) is 1.24. The Morgan fingerprint density at radius 3 is 3.20 bits per heavy atom. The summed E-state index contributed by atoms with van der Waals surface area (Å²) < 4.78 is 0. The Morgan fingerprint density at radius 2 is 2.53 bits per heavy atom. The van der Waals surface area contributed by atoms with Crippen LogP contribution in [0.25, 0.3) is 0 Å². The maximum Gasteiger partial charge on any atom is 0.230 e. The Bertz CT molecular complexity index is 278. The van der Waals surface area contributed by atoms with E-state index in [-0.39, 0.29) is 12.5 Å². The van der Waals surface area contributed by atoms with Gasteiger partial charge < -0.3 is 10.4 Å². The van der Waals surface area contributed by atoms with Crippen LogP contribution in [0.5, 0.6) is 0 Å². The van der Waals surface area contributed by atoms with Crippen molar-refractivity contribution in [2.24, 2.45) is 0 Å². The van der Waals surface area contributed by atoms with E-state index in [0.29, 0.717) is 18.7 Å². The largest absolute Gasteiger partial charge is 0.396 e. The summed E-state index contributed by atoms with van der Waals surface area (Å²) in [6, 6.07) is 0. The zero-order chi connectivity index (χ0) is 10.9. The Morgan fingerprint density at radius 1 is 1.67 bits per heavy atom. The lowest BCUT2D eigenvalue weighted by molar-refractivity contribution is -0.118. The van der Waals surface area contributed by atoms with Gasteiger partial charge in [-0.2, -0.15) is 0 Å². The third-order valence-electron chi connectivity index (χ3n) is 1.62. The lowest BCUT2D eigenvalue weighted by atomic mass is 10.4. The summed E-state index contributed by atoms with van der Waals surface area (Å²) >= 11 is 3.11. The smallest absolute Gasteiger partial charge is 0.230 e. The molecule has 0 fully saturated rings. The average molecular weight is 246 g/mol. The number of hydrogen-bond donors (Lipinski definition) is 2. The van der Waals surface area contributed by atoms with Crippen LogP contribution in [-0.2, 0) is 10.5 Å². The van der Waals surface area contributed by atoms with Crippen LogP contribution >= 0.6 is 23.1 Å². The molecule has 0 aliphatic rings. The predicted octanol–water partition coefficient (Wildman–Crippen LogP) is 0.875. The minimum atomic E-state index is 0.0173. The van der Waals surface area contributed by atoms with E-state index in [2.05, 4.69) is 10.3 Å². The van der Waals surface area contributed by atoms with Crippen molar-refractivity contribution in [1.29, 1.82) is 0 Å². The molecule has 1 rings (SSSR count). The molecule has 15 heavy (non-hydrogen) atoms. The molecular formula is C9H14N2O2S2. The van der Waals surface area contributed by atoms with Gasteiger partial charge in [0.25, 0.3) is 0 Å². The summed E-state index contributed by atoms with van der Waals surface area (Å²) in [5, 5.41) is 13.2. The minimum absolute atomic E-state index is 0.0173. The normalized spacial score (nSPS) is 10.2. The monoisotopic (exact) mass is 246 g/mol. The van der Waals surface area contributed by atoms with Crippen LogP contribution in [0.15, 0.2) is 10.9 Å². The van der Waals surface area contributed by atoms with Crippen LogP contribution in [0.1, 0.15) is 12.1 Å². The maximum atomic E-state index is 11.2. The van der Waals surface area contributed by atoms with Gasteiger partial charge in [0, 0.05) is 24.3 Å². The molecule has 6 heteroatoms. The number of nitrogens with zero attached hydrogens (tertiary/aromatic N) is 1. The Balaban J connectivity index is 2.02. The topological polar surface area (TPSA) is 62.2 Å². The first-order valence-electron chi connectivity index (χ1n) is 4.65. The molecule has 0 saturated heterocycles. The van der Waals surface area contributed by atoms with Crippen LogP contribution in [0.2, 0.25) is 0 Å². The van der Waals surface area contributed by atoms with Crippen molar-refractivity contribution in [3.63, 3.8) is 0 Å². The highest BCUT2D eigenvalue weighted by molar-refractivity contribution is 7.99. The Labute approximate surface area is 97.1 Å². The molecule has 0 atom stereocenters. The summed E-state index contributed by atoms with van der Waals surface area (Å²) in [7, 11) is 0. The maximum absolute atomic E-state index is 11.2. The summed E-state index contributed by atoms with van der Waals surface area (Å²) in [6.07, 6.45) is 0.614. The van der Waals surface area contributed by atoms with Crippen LogP contribution in [-0.4, -0.2) is 34.9 Å². The van der Waals surface area contributed by atoms with E-state index in [1.54, 1.807) is 28.6 Å². The number of carbonyl (C=O) groups is 1. The molecule has 0 aromatic carbocycles. The molecule has 4 nitrogen and oxygen atoms in total. The molecule has 0 spiro atoms. The number of aliphatic hydroxyl groups is 1. The highest BCUT2D eigenvalue weighted by atomic mass is 32.2. The second-order valence-corrected chi connectivity index (χ2v) is 4.60. The van der Waals surface area contributed by atoms with Crippen molar-refractivity contribution in [3.8, 4) is 0 Å².